The number of ether oxygens (including phenoxy) is 2. The van der Waals surface area contributed by atoms with Crippen molar-refractivity contribution < 1.29 is 9.47 Å². The predicted molar refractivity (Wildman–Crippen MR) is 85.3 cm³/mol. The second-order valence-electron chi connectivity index (χ2n) is 5.14. The highest BCUT2D eigenvalue weighted by Gasteiger charge is 2.19. The standard InChI is InChI=1S/C17H17BrO2/c1-11-3-8-16(20-10-11)15-6-4-12-9-13(19-2)5-7-14(12)17(15)18/h3-7,9,16H,8,10H2,1-2H3. The quantitative estimate of drug-likeness (QED) is 0.719. The summed E-state index contributed by atoms with van der Waals surface area (Å²) in [6, 6.07) is 10.4. The molecule has 0 saturated heterocycles. The van der Waals surface area contributed by atoms with E-state index in [0.717, 1.165) is 23.2 Å². The molecule has 0 saturated carbocycles. The van der Waals surface area contributed by atoms with E-state index in [-0.39, 0.29) is 6.10 Å². The largest absolute Gasteiger partial charge is 0.497 e. The number of hydrogen-bond donors (Lipinski definition) is 0. The third kappa shape index (κ3) is 2.48. The second kappa shape index (κ2) is 5.58. The minimum atomic E-state index is 0.138. The molecule has 3 heteroatoms. The van der Waals surface area contributed by atoms with Crippen LogP contribution in [-0.2, 0) is 4.74 Å². The Morgan fingerprint density at radius 2 is 2.10 bits per heavy atom. The fourth-order valence-corrected chi connectivity index (χ4v) is 3.30. The normalized spacial score (nSPS) is 18.9. The van der Waals surface area contributed by atoms with Crippen molar-refractivity contribution in [3.63, 3.8) is 0 Å². The lowest BCUT2D eigenvalue weighted by Gasteiger charge is -2.23. The van der Waals surface area contributed by atoms with Crippen LogP contribution in [0, 0.1) is 0 Å². The van der Waals surface area contributed by atoms with Crippen LogP contribution >= 0.6 is 15.9 Å². The molecule has 1 aliphatic rings. The first-order chi connectivity index (χ1) is 9.69. The summed E-state index contributed by atoms with van der Waals surface area (Å²) >= 11 is 3.74. The zero-order valence-electron chi connectivity index (χ0n) is 11.7. The van der Waals surface area contributed by atoms with E-state index in [9.17, 15) is 0 Å². The molecule has 2 aromatic rings. The SMILES string of the molecule is COc1ccc2c(Br)c(C3CC=C(C)CO3)ccc2c1. The Morgan fingerprint density at radius 3 is 2.80 bits per heavy atom. The first-order valence-corrected chi connectivity index (χ1v) is 7.51. The molecule has 0 amide bonds. The van der Waals surface area contributed by atoms with Crippen molar-refractivity contribution in [2.45, 2.75) is 19.4 Å². The minimum Gasteiger partial charge on any atom is -0.497 e. The average Bonchev–Trinajstić information content (AvgIpc) is 2.48. The lowest BCUT2D eigenvalue weighted by Crippen LogP contribution is -2.11. The molecule has 1 atom stereocenters. The predicted octanol–water partition coefficient (Wildman–Crippen LogP) is 5.02. The van der Waals surface area contributed by atoms with Gasteiger partial charge in [0.2, 0.25) is 0 Å². The molecule has 0 aliphatic carbocycles. The zero-order valence-corrected chi connectivity index (χ0v) is 13.2. The molecule has 20 heavy (non-hydrogen) atoms. The lowest BCUT2D eigenvalue weighted by atomic mass is 9.99. The van der Waals surface area contributed by atoms with Gasteiger partial charge in [-0.25, -0.2) is 0 Å². The van der Waals surface area contributed by atoms with Gasteiger partial charge in [0, 0.05) is 4.47 Å². The molecule has 1 unspecified atom stereocenters. The second-order valence-corrected chi connectivity index (χ2v) is 5.93. The highest BCUT2D eigenvalue weighted by molar-refractivity contribution is 9.10. The fourth-order valence-electron chi connectivity index (χ4n) is 2.55. The van der Waals surface area contributed by atoms with Crippen molar-refractivity contribution in [3.05, 3.63) is 52.0 Å². The number of benzene rings is 2. The monoisotopic (exact) mass is 332 g/mol. The third-order valence-corrected chi connectivity index (χ3v) is 4.62. The van der Waals surface area contributed by atoms with Crippen LogP contribution in [0.5, 0.6) is 5.75 Å². The van der Waals surface area contributed by atoms with E-state index in [1.165, 1.54) is 21.9 Å². The van der Waals surface area contributed by atoms with E-state index in [4.69, 9.17) is 9.47 Å². The number of methoxy groups -OCH3 is 1. The van der Waals surface area contributed by atoms with Crippen molar-refractivity contribution in [1.29, 1.82) is 0 Å². The number of hydrogen-bond acceptors (Lipinski definition) is 2. The molecule has 0 fully saturated rings. The molecule has 2 aromatic carbocycles. The molecule has 104 valence electrons. The molecular weight excluding hydrogens is 316 g/mol. The number of rotatable bonds is 2. The molecule has 1 heterocycles. The van der Waals surface area contributed by atoms with Crippen LogP contribution in [0.25, 0.3) is 10.8 Å². The van der Waals surface area contributed by atoms with Gasteiger partial charge >= 0.3 is 0 Å². The van der Waals surface area contributed by atoms with Gasteiger partial charge in [-0.2, -0.15) is 0 Å². The van der Waals surface area contributed by atoms with E-state index >= 15 is 0 Å². The Kier molecular flexibility index (Phi) is 3.81. The maximum Gasteiger partial charge on any atom is 0.119 e. The van der Waals surface area contributed by atoms with Gasteiger partial charge in [-0.1, -0.05) is 23.8 Å². The summed E-state index contributed by atoms with van der Waals surface area (Å²) in [5.41, 5.74) is 2.52. The van der Waals surface area contributed by atoms with Crippen molar-refractivity contribution in [2.24, 2.45) is 0 Å². The van der Waals surface area contributed by atoms with Gasteiger partial charge in [0.15, 0.2) is 0 Å². The molecule has 0 aromatic heterocycles. The Hall–Kier alpha value is -1.32. The van der Waals surface area contributed by atoms with Gasteiger partial charge in [-0.15, -0.1) is 0 Å². The van der Waals surface area contributed by atoms with E-state index in [2.05, 4.69) is 53.2 Å². The molecule has 0 spiro atoms. The summed E-state index contributed by atoms with van der Waals surface area (Å²) in [5, 5.41) is 2.36. The number of fused-ring (bicyclic) bond motifs is 1. The summed E-state index contributed by atoms with van der Waals surface area (Å²) < 4.78 is 12.3. The maximum absolute atomic E-state index is 5.93. The van der Waals surface area contributed by atoms with Gasteiger partial charge < -0.3 is 9.47 Å². The van der Waals surface area contributed by atoms with Crippen molar-refractivity contribution in [2.75, 3.05) is 13.7 Å². The van der Waals surface area contributed by atoms with Gasteiger partial charge in [0.05, 0.1) is 19.8 Å². The van der Waals surface area contributed by atoms with Gasteiger partial charge in [-0.3, -0.25) is 0 Å². The van der Waals surface area contributed by atoms with E-state index in [1.807, 2.05) is 6.07 Å². The first kappa shape index (κ1) is 13.7. The summed E-state index contributed by atoms with van der Waals surface area (Å²) in [6.45, 7) is 2.83. The Bertz CT molecular complexity index is 676. The highest BCUT2D eigenvalue weighted by atomic mass is 79.9. The van der Waals surface area contributed by atoms with E-state index < -0.39 is 0 Å². The molecule has 3 rings (SSSR count). The van der Waals surface area contributed by atoms with Gasteiger partial charge in [0.1, 0.15) is 5.75 Å². The number of halogens is 1. The molecule has 0 radical (unpaired) electrons. The van der Waals surface area contributed by atoms with Crippen molar-refractivity contribution in [1.82, 2.24) is 0 Å². The average molecular weight is 333 g/mol. The van der Waals surface area contributed by atoms with Gasteiger partial charge in [0.25, 0.3) is 0 Å². The first-order valence-electron chi connectivity index (χ1n) is 6.72. The Labute approximate surface area is 127 Å². The Balaban J connectivity index is 2.03. The topological polar surface area (TPSA) is 18.5 Å². The van der Waals surface area contributed by atoms with Crippen LogP contribution in [0.3, 0.4) is 0 Å². The van der Waals surface area contributed by atoms with Crippen molar-refractivity contribution in [3.8, 4) is 5.75 Å². The van der Waals surface area contributed by atoms with Crippen molar-refractivity contribution >= 4 is 26.7 Å². The summed E-state index contributed by atoms with van der Waals surface area (Å²) in [7, 11) is 1.69. The van der Waals surface area contributed by atoms with Gasteiger partial charge in [-0.05, 0) is 63.8 Å². The maximum atomic E-state index is 5.93. The van der Waals surface area contributed by atoms with Crippen LogP contribution in [0.4, 0.5) is 0 Å². The summed E-state index contributed by atoms with van der Waals surface area (Å²) in [4.78, 5) is 0. The van der Waals surface area contributed by atoms with E-state index in [1.54, 1.807) is 7.11 Å². The highest BCUT2D eigenvalue weighted by Crippen LogP contribution is 2.37. The minimum absolute atomic E-state index is 0.138. The summed E-state index contributed by atoms with van der Waals surface area (Å²) in [6.07, 6.45) is 3.34. The third-order valence-electron chi connectivity index (χ3n) is 3.73. The molecule has 0 N–H and O–H groups in total. The molecule has 0 bridgehead atoms. The summed E-state index contributed by atoms with van der Waals surface area (Å²) in [5.74, 6) is 0.879. The van der Waals surface area contributed by atoms with Crippen LogP contribution in [-0.4, -0.2) is 13.7 Å². The fraction of sp³-hybridized carbons (Fsp3) is 0.294. The van der Waals surface area contributed by atoms with Crippen LogP contribution in [0.15, 0.2) is 46.5 Å². The lowest BCUT2D eigenvalue weighted by molar-refractivity contribution is 0.0613. The smallest absolute Gasteiger partial charge is 0.119 e. The van der Waals surface area contributed by atoms with E-state index in [0.29, 0.717) is 0 Å². The van der Waals surface area contributed by atoms with Crippen LogP contribution in [0.1, 0.15) is 25.0 Å². The zero-order chi connectivity index (χ0) is 14.1. The van der Waals surface area contributed by atoms with Crippen LogP contribution < -0.4 is 4.74 Å². The van der Waals surface area contributed by atoms with Crippen LogP contribution in [0.2, 0.25) is 0 Å². The molecule has 1 aliphatic heterocycles. The molecule has 2 nitrogen and oxygen atoms in total. The molecular formula is C17H17BrO2. The Morgan fingerprint density at radius 1 is 1.25 bits per heavy atom.